The quantitative estimate of drug-likeness (QED) is 0.633. The topological polar surface area (TPSA) is 105 Å². The zero-order valence-corrected chi connectivity index (χ0v) is 10.1. The number of urea groups is 1. The fourth-order valence-electron chi connectivity index (χ4n) is 1.65. The van der Waals surface area contributed by atoms with E-state index in [0.29, 0.717) is 13.2 Å². The third kappa shape index (κ3) is 6.19. The molecular formula is C11H18N2O5. The van der Waals surface area contributed by atoms with Crippen molar-refractivity contribution < 1.29 is 24.2 Å². The van der Waals surface area contributed by atoms with Crippen molar-refractivity contribution in [3.05, 3.63) is 0 Å². The summed E-state index contributed by atoms with van der Waals surface area (Å²) in [5.74, 6) is -1.42. The Kier molecular flexibility index (Phi) is 6.13. The number of carboxylic acid groups (broad SMARTS) is 1. The van der Waals surface area contributed by atoms with Crippen molar-refractivity contribution in [1.82, 2.24) is 10.6 Å². The lowest BCUT2D eigenvalue weighted by molar-refractivity contribution is -0.137. The van der Waals surface area contributed by atoms with Crippen molar-refractivity contribution in [2.75, 3.05) is 13.2 Å². The molecule has 1 unspecified atom stereocenters. The number of ether oxygens (including phenoxy) is 1. The van der Waals surface area contributed by atoms with E-state index in [9.17, 15) is 14.4 Å². The van der Waals surface area contributed by atoms with Crippen LogP contribution in [0.5, 0.6) is 0 Å². The molecule has 1 fully saturated rings. The monoisotopic (exact) mass is 258 g/mol. The van der Waals surface area contributed by atoms with E-state index in [-0.39, 0.29) is 25.4 Å². The first-order valence-electron chi connectivity index (χ1n) is 5.99. The Morgan fingerprint density at radius 1 is 1.28 bits per heavy atom. The highest BCUT2D eigenvalue weighted by atomic mass is 16.5. The van der Waals surface area contributed by atoms with Gasteiger partial charge in [0.05, 0.1) is 6.10 Å². The van der Waals surface area contributed by atoms with Gasteiger partial charge in [-0.3, -0.25) is 14.9 Å². The van der Waals surface area contributed by atoms with Crippen LogP contribution in [-0.2, 0) is 14.3 Å². The third-order valence-corrected chi connectivity index (χ3v) is 2.56. The largest absolute Gasteiger partial charge is 0.481 e. The number of carbonyl (C=O) groups is 3. The number of rotatable bonds is 6. The van der Waals surface area contributed by atoms with Gasteiger partial charge in [0.15, 0.2) is 0 Å². The Labute approximate surface area is 105 Å². The summed E-state index contributed by atoms with van der Waals surface area (Å²) < 4.78 is 5.31. The first-order valence-corrected chi connectivity index (χ1v) is 5.99. The molecule has 7 nitrogen and oxygen atoms in total. The van der Waals surface area contributed by atoms with Gasteiger partial charge in [0.25, 0.3) is 0 Å². The highest BCUT2D eigenvalue weighted by molar-refractivity contribution is 5.94. The second-order valence-electron chi connectivity index (χ2n) is 4.14. The molecule has 1 aliphatic rings. The van der Waals surface area contributed by atoms with Gasteiger partial charge in [0, 0.05) is 26.0 Å². The lowest BCUT2D eigenvalue weighted by atomic mass is 10.2. The summed E-state index contributed by atoms with van der Waals surface area (Å²) in [5.41, 5.74) is 0. The Morgan fingerprint density at radius 3 is 2.67 bits per heavy atom. The number of hydrogen-bond donors (Lipinski definition) is 3. The third-order valence-electron chi connectivity index (χ3n) is 2.56. The normalized spacial score (nSPS) is 18.3. The van der Waals surface area contributed by atoms with Gasteiger partial charge in [-0.15, -0.1) is 0 Å². The summed E-state index contributed by atoms with van der Waals surface area (Å²) in [4.78, 5) is 32.8. The van der Waals surface area contributed by atoms with E-state index in [1.54, 1.807) is 0 Å². The Bertz CT molecular complexity index is 313. The van der Waals surface area contributed by atoms with E-state index in [4.69, 9.17) is 9.84 Å². The molecule has 1 heterocycles. The summed E-state index contributed by atoms with van der Waals surface area (Å²) in [6.45, 7) is 1.09. The molecule has 1 rings (SSSR count). The van der Waals surface area contributed by atoms with Gasteiger partial charge in [-0.05, 0) is 19.3 Å². The van der Waals surface area contributed by atoms with Crippen LogP contribution >= 0.6 is 0 Å². The van der Waals surface area contributed by atoms with Crippen molar-refractivity contribution >= 4 is 17.9 Å². The highest BCUT2D eigenvalue weighted by Crippen LogP contribution is 2.10. The van der Waals surface area contributed by atoms with E-state index < -0.39 is 17.9 Å². The lowest BCUT2D eigenvalue weighted by Crippen LogP contribution is -2.42. The minimum absolute atomic E-state index is 0.0258. The molecule has 0 aromatic rings. The fourth-order valence-corrected chi connectivity index (χ4v) is 1.65. The van der Waals surface area contributed by atoms with E-state index >= 15 is 0 Å². The van der Waals surface area contributed by atoms with Crippen LogP contribution in [-0.4, -0.2) is 42.3 Å². The van der Waals surface area contributed by atoms with E-state index in [0.717, 1.165) is 12.8 Å². The maximum Gasteiger partial charge on any atom is 0.321 e. The molecule has 3 amide bonds. The van der Waals surface area contributed by atoms with Crippen LogP contribution in [0.25, 0.3) is 0 Å². The summed E-state index contributed by atoms with van der Waals surface area (Å²) in [6.07, 6.45) is 2.09. The van der Waals surface area contributed by atoms with Crippen LogP contribution < -0.4 is 10.6 Å². The number of imide groups is 1. The zero-order valence-electron chi connectivity index (χ0n) is 10.1. The molecule has 102 valence electrons. The van der Waals surface area contributed by atoms with Crippen LogP contribution in [0.2, 0.25) is 0 Å². The maximum atomic E-state index is 11.3. The average molecular weight is 258 g/mol. The van der Waals surface area contributed by atoms with Crippen LogP contribution in [0.15, 0.2) is 0 Å². The Hall–Kier alpha value is -1.63. The number of nitrogens with one attached hydrogen (secondary N) is 2. The van der Waals surface area contributed by atoms with Crippen molar-refractivity contribution in [2.24, 2.45) is 0 Å². The zero-order chi connectivity index (χ0) is 13.4. The molecule has 0 saturated carbocycles. The number of carboxylic acids is 1. The predicted octanol–water partition coefficient (Wildman–Crippen LogP) is 0.246. The van der Waals surface area contributed by atoms with Crippen LogP contribution in [0.3, 0.4) is 0 Å². The van der Waals surface area contributed by atoms with Gasteiger partial charge >= 0.3 is 12.0 Å². The number of carbonyl (C=O) groups excluding carboxylic acids is 2. The standard InChI is InChI=1S/C11H18N2O5/c14-9(4-1-5-10(15)16)13-11(17)12-7-8-3-2-6-18-8/h8H,1-7H2,(H,15,16)(H2,12,13,14,17). The molecule has 0 radical (unpaired) electrons. The highest BCUT2D eigenvalue weighted by Gasteiger charge is 2.16. The molecular weight excluding hydrogens is 240 g/mol. The molecule has 1 aliphatic heterocycles. The molecule has 0 aliphatic carbocycles. The van der Waals surface area contributed by atoms with Crippen molar-refractivity contribution in [2.45, 2.75) is 38.2 Å². The summed E-state index contributed by atoms with van der Waals surface area (Å²) in [7, 11) is 0. The van der Waals surface area contributed by atoms with Crippen molar-refractivity contribution in [3.63, 3.8) is 0 Å². The van der Waals surface area contributed by atoms with Gasteiger partial charge in [0.1, 0.15) is 0 Å². The molecule has 1 saturated heterocycles. The molecule has 0 spiro atoms. The van der Waals surface area contributed by atoms with Crippen LogP contribution in [0, 0.1) is 0 Å². The summed E-state index contributed by atoms with van der Waals surface area (Å²) in [6, 6.07) is -0.564. The average Bonchev–Trinajstić information content (AvgIpc) is 2.78. The Balaban J connectivity index is 2.07. The Morgan fingerprint density at radius 2 is 2.06 bits per heavy atom. The van der Waals surface area contributed by atoms with Gasteiger partial charge in [-0.25, -0.2) is 4.79 Å². The molecule has 3 N–H and O–H groups in total. The van der Waals surface area contributed by atoms with Gasteiger partial charge in [-0.1, -0.05) is 0 Å². The number of hydrogen-bond acceptors (Lipinski definition) is 4. The minimum atomic E-state index is -0.953. The van der Waals surface area contributed by atoms with Gasteiger partial charge < -0.3 is 15.2 Å². The number of amides is 3. The molecule has 18 heavy (non-hydrogen) atoms. The minimum Gasteiger partial charge on any atom is -0.481 e. The molecule has 0 aromatic carbocycles. The SMILES string of the molecule is O=C(O)CCCC(=O)NC(=O)NCC1CCCO1. The van der Waals surface area contributed by atoms with Crippen LogP contribution in [0.1, 0.15) is 32.1 Å². The van der Waals surface area contributed by atoms with Gasteiger partial charge in [-0.2, -0.15) is 0 Å². The van der Waals surface area contributed by atoms with E-state index in [2.05, 4.69) is 10.6 Å². The summed E-state index contributed by atoms with van der Waals surface area (Å²) >= 11 is 0. The van der Waals surface area contributed by atoms with Gasteiger partial charge in [0.2, 0.25) is 5.91 Å². The predicted molar refractivity (Wildman–Crippen MR) is 62.0 cm³/mol. The van der Waals surface area contributed by atoms with E-state index in [1.165, 1.54) is 0 Å². The molecule has 7 heteroatoms. The second kappa shape index (κ2) is 7.65. The van der Waals surface area contributed by atoms with E-state index in [1.807, 2.05) is 0 Å². The fraction of sp³-hybridized carbons (Fsp3) is 0.727. The molecule has 0 aromatic heterocycles. The first-order chi connectivity index (χ1) is 8.58. The van der Waals surface area contributed by atoms with Crippen molar-refractivity contribution in [3.8, 4) is 0 Å². The lowest BCUT2D eigenvalue weighted by Gasteiger charge is -2.10. The second-order valence-corrected chi connectivity index (χ2v) is 4.14. The number of aliphatic carboxylic acids is 1. The summed E-state index contributed by atoms with van der Waals surface area (Å²) in [5, 5.41) is 13.1. The first kappa shape index (κ1) is 14.4. The molecule has 1 atom stereocenters. The smallest absolute Gasteiger partial charge is 0.321 e. The van der Waals surface area contributed by atoms with Crippen LogP contribution in [0.4, 0.5) is 4.79 Å². The van der Waals surface area contributed by atoms with Crippen molar-refractivity contribution in [1.29, 1.82) is 0 Å². The molecule has 0 bridgehead atoms. The maximum absolute atomic E-state index is 11.3.